The van der Waals surface area contributed by atoms with Crippen LogP contribution in [-0.2, 0) is 14.6 Å². The predicted octanol–water partition coefficient (Wildman–Crippen LogP) is 6.40. The number of fused-ring (bicyclic) bond motifs is 3. The normalized spacial score (nSPS) is 15.5. The molecule has 27 heavy (non-hydrogen) atoms. The average Bonchev–Trinajstić information content (AvgIpc) is 2.91. The summed E-state index contributed by atoms with van der Waals surface area (Å²) in [5.74, 6) is 0. The lowest BCUT2D eigenvalue weighted by Crippen LogP contribution is -2.46. The van der Waals surface area contributed by atoms with Crippen LogP contribution in [0.5, 0.6) is 0 Å². The second-order valence-electron chi connectivity index (χ2n) is 9.27. The molecule has 1 aliphatic rings. The van der Waals surface area contributed by atoms with Crippen LogP contribution in [0.3, 0.4) is 0 Å². The molecule has 0 atom stereocenters. The summed E-state index contributed by atoms with van der Waals surface area (Å²) in [4.78, 5) is 0. The third kappa shape index (κ3) is 3.65. The minimum atomic E-state index is -1.87. The first-order chi connectivity index (χ1) is 12.7. The first-order valence-corrected chi connectivity index (χ1v) is 13.0. The fraction of sp³-hybridized carbons (Fsp3) is 0.500. The molecule has 146 valence electrons. The van der Waals surface area contributed by atoms with Crippen LogP contribution < -0.4 is 0 Å². The van der Waals surface area contributed by atoms with E-state index < -0.39 is 8.32 Å². The summed E-state index contributed by atoms with van der Waals surface area (Å²) >= 11 is 0. The van der Waals surface area contributed by atoms with Crippen molar-refractivity contribution >= 4 is 8.32 Å². The van der Waals surface area contributed by atoms with Gasteiger partial charge in [0.2, 0.25) is 0 Å². The largest absolute Gasteiger partial charge is 0.415 e. The Labute approximate surface area is 166 Å². The fourth-order valence-corrected chi connectivity index (χ4v) is 4.72. The zero-order chi connectivity index (χ0) is 19.7. The number of ether oxygens (including phenoxy) is 1. The highest BCUT2D eigenvalue weighted by atomic mass is 28.4. The van der Waals surface area contributed by atoms with Crippen LogP contribution in [0.4, 0.5) is 0 Å². The first kappa shape index (κ1) is 20.3. The summed E-state index contributed by atoms with van der Waals surface area (Å²) in [5.41, 5.74) is 5.12. The Morgan fingerprint density at radius 1 is 0.852 bits per heavy atom. The Balaban J connectivity index is 2.06. The van der Waals surface area contributed by atoms with E-state index in [9.17, 15) is 0 Å². The van der Waals surface area contributed by atoms with E-state index in [-0.39, 0.29) is 10.5 Å². The molecule has 0 saturated carbocycles. The average molecular weight is 383 g/mol. The smallest absolute Gasteiger partial charge is 0.192 e. The maximum absolute atomic E-state index is 6.78. The molecule has 0 aromatic heterocycles. The van der Waals surface area contributed by atoms with E-state index in [1.54, 1.807) is 0 Å². The Hall–Kier alpha value is -1.42. The molecule has 2 aromatic carbocycles. The van der Waals surface area contributed by atoms with Gasteiger partial charge in [-0.15, -0.1) is 0 Å². The van der Waals surface area contributed by atoms with Gasteiger partial charge < -0.3 is 9.16 Å². The number of hydrogen-bond donors (Lipinski definition) is 0. The minimum absolute atomic E-state index is 0.191. The molecule has 0 saturated heterocycles. The van der Waals surface area contributed by atoms with Crippen LogP contribution in [0, 0.1) is 0 Å². The molecule has 0 aliphatic heterocycles. The van der Waals surface area contributed by atoms with Crippen LogP contribution in [0.1, 0.15) is 45.2 Å². The van der Waals surface area contributed by atoms with Crippen molar-refractivity contribution in [1.29, 1.82) is 0 Å². The minimum Gasteiger partial charge on any atom is -0.415 e. The zero-order valence-electron chi connectivity index (χ0n) is 17.8. The molecule has 0 unspecified atom stereocenters. The molecule has 0 amide bonds. The van der Waals surface area contributed by atoms with Crippen molar-refractivity contribution in [3.8, 4) is 11.1 Å². The first-order valence-electron chi connectivity index (χ1n) is 10.1. The van der Waals surface area contributed by atoms with Crippen molar-refractivity contribution in [3.63, 3.8) is 0 Å². The molecule has 2 aromatic rings. The van der Waals surface area contributed by atoms with Gasteiger partial charge >= 0.3 is 0 Å². The van der Waals surface area contributed by atoms with E-state index in [2.05, 4.69) is 89.3 Å². The monoisotopic (exact) mass is 382 g/mol. The second-order valence-corrected chi connectivity index (χ2v) is 14.1. The molecule has 0 N–H and O–H groups in total. The highest BCUT2D eigenvalue weighted by molar-refractivity contribution is 6.74. The van der Waals surface area contributed by atoms with Gasteiger partial charge in [0.05, 0.1) is 12.0 Å². The molecular weight excluding hydrogens is 348 g/mol. The molecule has 3 rings (SSSR count). The van der Waals surface area contributed by atoms with E-state index in [0.29, 0.717) is 13.2 Å². The predicted molar refractivity (Wildman–Crippen MR) is 117 cm³/mol. The second kappa shape index (κ2) is 7.54. The highest BCUT2D eigenvalue weighted by Crippen LogP contribution is 2.50. The van der Waals surface area contributed by atoms with Crippen LogP contribution in [0.15, 0.2) is 48.5 Å². The lowest BCUT2D eigenvalue weighted by atomic mass is 9.79. The topological polar surface area (TPSA) is 18.5 Å². The number of rotatable bonds is 7. The summed E-state index contributed by atoms with van der Waals surface area (Å²) in [6.07, 6.45) is 1.03. The molecule has 0 spiro atoms. The Morgan fingerprint density at radius 2 is 1.37 bits per heavy atom. The third-order valence-electron chi connectivity index (χ3n) is 6.36. The van der Waals surface area contributed by atoms with Crippen LogP contribution >= 0.6 is 0 Å². The zero-order valence-corrected chi connectivity index (χ0v) is 18.8. The van der Waals surface area contributed by atoms with E-state index in [0.717, 1.165) is 13.0 Å². The van der Waals surface area contributed by atoms with Gasteiger partial charge in [0.1, 0.15) is 0 Å². The Bertz CT molecular complexity index is 743. The fourth-order valence-electron chi connectivity index (χ4n) is 3.68. The van der Waals surface area contributed by atoms with E-state index >= 15 is 0 Å². The maximum Gasteiger partial charge on any atom is 0.192 e. The molecule has 0 radical (unpaired) electrons. The van der Waals surface area contributed by atoms with Crippen molar-refractivity contribution in [2.24, 2.45) is 0 Å². The summed E-state index contributed by atoms with van der Waals surface area (Å²) in [6, 6.07) is 17.6. The molecule has 0 bridgehead atoms. The van der Waals surface area contributed by atoms with Gasteiger partial charge in [0, 0.05) is 13.2 Å². The van der Waals surface area contributed by atoms with E-state index in [4.69, 9.17) is 9.16 Å². The number of hydrogen-bond acceptors (Lipinski definition) is 2. The van der Waals surface area contributed by atoms with Gasteiger partial charge in [-0.1, -0.05) is 76.2 Å². The van der Waals surface area contributed by atoms with Gasteiger partial charge in [-0.3, -0.25) is 0 Å². The standard InChI is InChI=1S/C24H34O2Si/c1-7-16-25-17-24(18-26-27(5,6)23(2,3)4)21-14-10-8-12-19(21)20-13-9-11-15-22(20)24/h8-15H,7,16-18H2,1-6H3. The van der Waals surface area contributed by atoms with E-state index in [1.807, 2.05) is 0 Å². The lowest BCUT2D eigenvalue weighted by molar-refractivity contribution is 0.0727. The summed E-state index contributed by atoms with van der Waals surface area (Å²) in [5, 5.41) is 0.191. The molecule has 0 fully saturated rings. The van der Waals surface area contributed by atoms with Gasteiger partial charge in [-0.25, -0.2) is 0 Å². The quantitative estimate of drug-likeness (QED) is 0.407. The SMILES string of the molecule is CCCOCC1(CO[Si](C)(C)C(C)(C)C)c2ccccc2-c2ccccc21. The highest BCUT2D eigenvalue weighted by Gasteiger charge is 2.46. The van der Waals surface area contributed by atoms with Gasteiger partial charge in [-0.05, 0) is 46.8 Å². The van der Waals surface area contributed by atoms with Crippen LogP contribution in [-0.4, -0.2) is 28.1 Å². The van der Waals surface area contributed by atoms with Crippen molar-refractivity contribution in [2.75, 3.05) is 19.8 Å². The molecule has 2 nitrogen and oxygen atoms in total. The molecule has 0 heterocycles. The maximum atomic E-state index is 6.78. The van der Waals surface area contributed by atoms with Gasteiger partial charge in [0.15, 0.2) is 8.32 Å². The van der Waals surface area contributed by atoms with Crippen LogP contribution in [0.2, 0.25) is 18.1 Å². The van der Waals surface area contributed by atoms with Gasteiger partial charge in [-0.2, -0.15) is 0 Å². The number of benzene rings is 2. The van der Waals surface area contributed by atoms with Crippen molar-refractivity contribution in [1.82, 2.24) is 0 Å². The Morgan fingerprint density at radius 3 is 1.85 bits per heavy atom. The van der Waals surface area contributed by atoms with Crippen molar-refractivity contribution in [3.05, 3.63) is 59.7 Å². The molecule has 1 aliphatic carbocycles. The Kier molecular flexibility index (Phi) is 5.67. The lowest BCUT2D eigenvalue weighted by Gasteiger charge is -2.40. The van der Waals surface area contributed by atoms with Crippen molar-refractivity contribution in [2.45, 2.75) is 57.7 Å². The third-order valence-corrected chi connectivity index (χ3v) is 10.8. The summed E-state index contributed by atoms with van der Waals surface area (Å²) in [7, 11) is -1.87. The van der Waals surface area contributed by atoms with Gasteiger partial charge in [0.25, 0.3) is 0 Å². The molecule has 3 heteroatoms. The molecular formula is C24H34O2Si. The van der Waals surface area contributed by atoms with Crippen molar-refractivity contribution < 1.29 is 9.16 Å². The summed E-state index contributed by atoms with van der Waals surface area (Å²) < 4.78 is 13.0. The van der Waals surface area contributed by atoms with E-state index in [1.165, 1.54) is 22.3 Å². The summed E-state index contributed by atoms with van der Waals surface area (Å²) in [6.45, 7) is 15.9. The van der Waals surface area contributed by atoms with Crippen LogP contribution in [0.25, 0.3) is 11.1 Å².